The lowest BCUT2D eigenvalue weighted by Crippen LogP contribution is -2.18. The quantitative estimate of drug-likeness (QED) is 0.386. The minimum Gasteiger partial charge on any atom is -0.309 e. The summed E-state index contributed by atoms with van der Waals surface area (Å²) in [5, 5.41) is 2.98. The summed E-state index contributed by atoms with van der Waals surface area (Å²) in [6.07, 6.45) is 6.16. The van der Waals surface area contributed by atoms with Crippen molar-refractivity contribution in [2.24, 2.45) is 0 Å². The van der Waals surface area contributed by atoms with Gasteiger partial charge in [-0.05, 0) is 60.2 Å². The normalized spacial score (nSPS) is 12.3. The van der Waals surface area contributed by atoms with E-state index < -0.39 is 0 Å². The first-order valence-electron chi connectivity index (χ1n) is 11.4. The molecule has 0 aliphatic heterocycles. The Bertz CT molecular complexity index is 1350. The Morgan fingerprint density at radius 1 is 0.912 bits per heavy atom. The van der Waals surface area contributed by atoms with Crippen LogP contribution in [0.2, 0.25) is 0 Å². The van der Waals surface area contributed by atoms with Gasteiger partial charge in [0.15, 0.2) is 5.82 Å². The van der Waals surface area contributed by atoms with Crippen LogP contribution in [-0.2, 0) is 24.1 Å². The van der Waals surface area contributed by atoms with Gasteiger partial charge in [0.1, 0.15) is 11.5 Å². The Morgan fingerprint density at radius 3 is 2.47 bits per heavy atom. The standard InChI is InChI=1S/C29H24FN3O/c30-23-14-15-24-22(19-23)13-17-25-28(24)31-26(16-11-20-7-3-1-4-8-20)29(32-25)33-27(34)18-12-21-9-5-2-6-10-21/h1-11,14-16,19H,12-13,17-18H2,(H,32,33,34)/b16-11+. The molecule has 1 aliphatic rings. The van der Waals surface area contributed by atoms with Crippen molar-refractivity contribution in [2.45, 2.75) is 25.7 Å². The number of fused-ring (bicyclic) bond motifs is 3. The van der Waals surface area contributed by atoms with Gasteiger partial charge < -0.3 is 5.32 Å². The molecule has 4 nitrogen and oxygen atoms in total. The van der Waals surface area contributed by atoms with Crippen LogP contribution in [0.25, 0.3) is 23.4 Å². The summed E-state index contributed by atoms with van der Waals surface area (Å²) < 4.78 is 13.8. The molecular formula is C29H24FN3O. The van der Waals surface area contributed by atoms with Crippen LogP contribution in [0.15, 0.2) is 78.9 Å². The second kappa shape index (κ2) is 9.79. The molecule has 3 aromatic carbocycles. The molecule has 1 aromatic heterocycles. The predicted molar refractivity (Wildman–Crippen MR) is 134 cm³/mol. The first-order valence-corrected chi connectivity index (χ1v) is 11.4. The Balaban J connectivity index is 1.46. The fourth-order valence-electron chi connectivity index (χ4n) is 4.17. The number of hydrogen-bond donors (Lipinski definition) is 1. The Morgan fingerprint density at radius 2 is 1.68 bits per heavy atom. The van der Waals surface area contributed by atoms with Gasteiger partial charge in [-0.2, -0.15) is 0 Å². The van der Waals surface area contributed by atoms with Crippen LogP contribution in [-0.4, -0.2) is 15.9 Å². The maximum absolute atomic E-state index is 13.8. The molecule has 0 spiro atoms. The van der Waals surface area contributed by atoms with Gasteiger partial charge in [0, 0.05) is 12.0 Å². The monoisotopic (exact) mass is 449 g/mol. The van der Waals surface area contributed by atoms with E-state index in [2.05, 4.69) is 5.32 Å². The topological polar surface area (TPSA) is 54.9 Å². The number of nitrogens with zero attached hydrogens (tertiary/aromatic N) is 2. The highest BCUT2D eigenvalue weighted by Crippen LogP contribution is 2.33. The van der Waals surface area contributed by atoms with Crippen molar-refractivity contribution in [3.05, 3.63) is 113 Å². The second-order valence-electron chi connectivity index (χ2n) is 8.33. The number of hydrogen-bond acceptors (Lipinski definition) is 3. The molecule has 1 heterocycles. The summed E-state index contributed by atoms with van der Waals surface area (Å²) in [7, 11) is 0. The number of benzene rings is 3. The van der Waals surface area contributed by atoms with Crippen LogP contribution in [0.4, 0.5) is 10.2 Å². The smallest absolute Gasteiger partial charge is 0.225 e. The van der Waals surface area contributed by atoms with Crippen LogP contribution in [0.5, 0.6) is 0 Å². The van der Waals surface area contributed by atoms with Crippen LogP contribution >= 0.6 is 0 Å². The lowest BCUT2D eigenvalue weighted by atomic mass is 9.91. The number of nitrogens with one attached hydrogen (secondary N) is 1. The van der Waals surface area contributed by atoms with Crippen LogP contribution in [0.1, 0.15) is 34.5 Å². The average molecular weight is 450 g/mol. The molecule has 0 saturated heterocycles. The number of rotatable bonds is 6. The van der Waals surface area contributed by atoms with Crippen molar-refractivity contribution in [1.82, 2.24) is 9.97 Å². The van der Waals surface area contributed by atoms with Crippen molar-refractivity contribution >= 4 is 23.9 Å². The van der Waals surface area contributed by atoms with Gasteiger partial charge in [-0.25, -0.2) is 14.4 Å². The van der Waals surface area contributed by atoms with Gasteiger partial charge in [-0.1, -0.05) is 66.7 Å². The molecule has 0 fully saturated rings. The van der Waals surface area contributed by atoms with Crippen LogP contribution < -0.4 is 5.32 Å². The molecule has 0 atom stereocenters. The molecule has 0 bridgehead atoms. The van der Waals surface area contributed by atoms with E-state index in [0.29, 0.717) is 37.2 Å². The lowest BCUT2D eigenvalue weighted by molar-refractivity contribution is -0.116. The highest BCUT2D eigenvalue weighted by molar-refractivity contribution is 5.92. The zero-order valence-electron chi connectivity index (χ0n) is 18.7. The molecule has 1 aliphatic carbocycles. The summed E-state index contributed by atoms with van der Waals surface area (Å²) in [6, 6.07) is 24.6. The molecule has 0 unspecified atom stereocenters. The number of halogens is 1. The van der Waals surface area contributed by atoms with Crippen molar-refractivity contribution in [3.8, 4) is 11.3 Å². The SMILES string of the molecule is O=C(CCc1ccccc1)Nc1nc2c(nc1/C=C/c1ccccc1)-c1ccc(F)cc1CC2. The first-order chi connectivity index (χ1) is 16.7. The number of carbonyl (C=O) groups excluding carboxylic acids is 1. The van der Waals surface area contributed by atoms with Gasteiger partial charge >= 0.3 is 0 Å². The highest BCUT2D eigenvalue weighted by atomic mass is 19.1. The van der Waals surface area contributed by atoms with E-state index in [1.54, 1.807) is 12.1 Å². The van der Waals surface area contributed by atoms with E-state index in [1.165, 1.54) is 6.07 Å². The Kier molecular flexibility index (Phi) is 6.25. The zero-order valence-corrected chi connectivity index (χ0v) is 18.7. The van der Waals surface area contributed by atoms with Gasteiger partial charge in [0.2, 0.25) is 5.91 Å². The third-order valence-corrected chi connectivity index (χ3v) is 5.92. The van der Waals surface area contributed by atoms with Crippen molar-refractivity contribution in [3.63, 3.8) is 0 Å². The number of amides is 1. The molecule has 5 rings (SSSR count). The largest absolute Gasteiger partial charge is 0.309 e. The minimum atomic E-state index is -0.248. The van der Waals surface area contributed by atoms with Crippen molar-refractivity contribution < 1.29 is 9.18 Å². The fourth-order valence-corrected chi connectivity index (χ4v) is 4.17. The summed E-state index contributed by atoms with van der Waals surface area (Å²) in [4.78, 5) is 22.5. The summed E-state index contributed by atoms with van der Waals surface area (Å²) in [5.74, 6) is 0.0990. The lowest BCUT2D eigenvalue weighted by Gasteiger charge is -2.20. The molecule has 1 N–H and O–H groups in total. The van der Waals surface area contributed by atoms with Crippen LogP contribution in [0.3, 0.4) is 0 Å². The van der Waals surface area contributed by atoms with Gasteiger partial charge in [0.25, 0.3) is 0 Å². The first kappa shape index (κ1) is 21.7. The molecule has 0 saturated carbocycles. The second-order valence-corrected chi connectivity index (χ2v) is 8.33. The van der Waals surface area contributed by atoms with E-state index in [0.717, 1.165) is 33.6 Å². The molecule has 5 heteroatoms. The molecule has 0 radical (unpaired) electrons. The maximum Gasteiger partial charge on any atom is 0.225 e. The van der Waals surface area contributed by atoms with E-state index in [1.807, 2.05) is 72.8 Å². The number of carbonyl (C=O) groups is 1. The van der Waals surface area contributed by atoms with Gasteiger partial charge in [0.05, 0.1) is 11.4 Å². The number of anilines is 1. The molecule has 34 heavy (non-hydrogen) atoms. The van der Waals surface area contributed by atoms with Gasteiger partial charge in [-0.3, -0.25) is 4.79 Å². The average Bonchev–Trinajstić information content (AvgIpc) is 2.87. The third kappa shape index (κ3) is 4.94. The van der Waals surface area contributed by atoms with E-state index in [4.69, 9.17) is 9.97 Å². The summed E-state index contributed by atoms with van der Waals surface area (Å²) in [6.45, 7) is 0. The molecule has 168 valence electrons. The maximum atomic E-state index is 13.8. The molecule has 1 amide bonds. The number of aromatic nitrogens is 2. The predicted octanol–water partition coefficient (Wildman–Crippen LogP) is 6.12. The molecule has 4 aromatic rings. The zero-order chi connectivity index (χ0) is 23.3. The molecular weight excluding hydrogens is 425 g/mol. The Hall–Kier alpha value is -4.12. The van der Waals surface area contributed by atoms with E-state index in [9.17, 15) is 9.18 Å². The van der Waals surface area contributed by atoms with Crippen molar-refractivity contribution in [2.75, 3.05) is 5.32 Å². The summed E-state index contributed by atoms with van der Waals surface area (Å²) in [5.41, 5.74) is 6.09. The van der Waals surface area contributed by atoms with E-state index in [-0.39, 0.29) is 11.7 Å². The summed E-state index contributed by atoms with van der Waals surface area (Å²) >= 11 is 0. The Labute approximate surface area is 198 Å². The van der Waals surface area contributed by atoms with Gasteiger partial charge in [-0.15, -0.1) is 0 Å². The highest BCUT2D eigenvalue weighted by Gasteiger charge is 2.22. The van der Waals surface area contributed by atoms with Crippen molar-refractivity contribution in [1.29, 1.82) is 0 Å². The third-order valence-electron chi connectivity index (χ3n) is 5.92. The van der Waals surface area contributed by atoms with Crippen LogP contribution in [0, 0.1) is 5.82 Å². The minimum absolute atomic E-state index is 0.106. The fraction of sp³-hybridized carbons (Fsp3) is 0.138. The number of aryl methyl sites for hydroxylation is 3. The van der Waals surface area contributed by atoms with E-state index >= 15 is 0 Å².